The van der Waals surface area contributed by atoms with Crippen LogP contribution >= 0.6 is 0 Å². The van der Waals surface area contributed by atoms with Gasteiger partial charge in [0.2, 0.25) is 11.6 Å². The highest BCUT2D eigenvalue weighted by Crippen LogP contribution is 2.85. The van der Waals surface area contributed by atoms with Crippen molar-refractivity contribution < 1.29 is 40.1 Å². The topological polar surface area (TPSA) is 140 Å². The van der Waals surface area contributed by atoms with Crippen molar-refractivity contribution in [2.45, 2.75) is 89.4 Å². The lowest BCUT2D eigenvalue weighted by Crippen LogP contribution is -2.70. The number of aliphatic hydroxyl groups is 6. The number of ether oxygens (including phenoxy) is 2. The van der Waals surface area contributed by atoms with Gasteiger partial charge in [-0.1, -0.05) is 36.5 Å². The lowest BCUT2D eigenvalue weighted by molar-refractivity contribution is -0.453. The minimum absolute atomic E-state index is 0.149. The van der Waals surface area contributed by atoms with Crippen LogP contribution in [-0.4, -0.2) is 65.6 Å². The Morgan fingerprint density at radius 3 is 1.81 bits per heavy atom. The Morgan fingerprint density at radius 2 is 1.31 bits per heavy atom. The Labute approximate surface area is 211 Å². The van der Waals surface area contributed by atoms with Gasteiger partial charge in [-0.3, -0.25) is 0 Å². The molecule has 0 amide bonds. The van der Waals surface area contributed by atoms with Gasteiger partial charge in [-0.15, -0.1) is 0 Å². The standard InChI is InChI=1S/C28H38O8/c1-7-9-11-13-15(29)17-19-23(3)22(32)18(16(30)14-12-10-8-2)20-24(4,21(17)31)28(34)25(19,5)35-27(23,33)26(20,6)36-28/h7-11,13,15-16,19-20,29-34H,12,14H2,1-6H3/b9-7+,10-8+,13-11+/t15?,16?,19-,20-,23-,24-,25+,26+,27-,28-/m1/s1. The third kappa shape index (κ3) is 2.30. The first kappa shape index (κ1) is 25.7. The summed E-state index contributed by atoms with van der Waals surface area (Å²) >= 11 is 0. The van der Waals surface area contributed by atoms with E-state index >= 15 is 0 Å². The zero-order chi connectivity index (χ0) is 26.7. The summed E-state index contributed by atoms with van der Waals surface area (Å²) in [5, 5.41) is 71.0. The Hall–Kier alpha value is -1.94. The fourth-order valence-corrected chi connectivity index (χ4v) is 8.50. The third-order valence-corrected chi connectivity index (χ3v) is 10.00. The van der Waals surface area contributed by atoms with E-state index in [1.807, 2.05) is 26.0 Å². The molecule has 8 nitrogen and oxygen atoms in total. The monoisotopic (exact) mass is 502 g/mol. The zero-order valence-corrected chi connectivity index (χ0v) is 21.7. The van der Waals surface area contributed by atoms with Crippen molar-refractivity contribution in [2.24, 2.45) is 22.7 Å². The molecule has 3 fully saturated rings. The molecule has 0 aromatic carbocycles. The van der Waals surface area contributed by atoms with Crippen LogP contribution in [0.4, 0.5) is 0 Å². The van der Waals surface area contributed by atoms with E-state index in [9.17, 15) is 30.6 Å². The van der Waals surface area contributed by atoms with E-state index in [1.165, 1.54) is 6.08 Å². The smallest absolute Gasteiger partial charge is 0.209 e. The largest absolute Gasteiger partial charge is 0.511 e. The summed E-state index contributed by atoms with van der Waals surface area (Å²) in [4.78, 5) is 0. The molecule has 0 aromatic heterocycles. The Bertz CT molecular complexity index is 1150. The van der Waals surface area contributed by atoms with Gasteiger partial charge in [0.1, 0.15) is 22.7 Å². The van der Waals surface area contributed by atoms with Crippen molar-refractivity contribution in [2.75, 3.05) is 0 Å². The lowest BCUT2D eigenvalue weighted by Gasteiger charge is -2.59. The molecule has 2 saturated heterocycles. The summed E-state index contributed by atoms with van der Waals surface area (Å²) in [6, 6.07) is 0. The van der Waals surface area contributed by atoms with E-state index in [2.05, 4.69) is 0 Å². The average molecular weight is 503 g/mol. The molecular formula is C28H38O8. The molecule has 0 radical (unpaired) electrons. The van der Waals surface area contributed by atoms with Gasteiger partial charge in [-0.2, -0.15) is 0 Å². The van der Waals surface area contributed by atoms with Crippen LogP contribution in [0.5, 0.6) is 0 Å². The molecule has 2 heterocycles. The van der Waals surface area contributed by atoms with Crippen LogP contribution in [0.2, 0.25) is 0 Å². The summed E-state index contributed by atoms with van der Waals surface area (Å²) in [6.07, 6.45) is 8.84. The second-order valence-electron chi connectivity index (χ2n) is 11.6. The van der Waals surface area contributed by atoms with E-state index in [1.54, 1.807) is 45.9 Å². The van der Waals surface area contributed by atoms with Crippen LogP contribution in [-0.2, 0) is 9.47 Å². The minimum atomic E-state index is -2.12. The van der Waals surface area contributed by atoms with Crippen molar-refractivity contribution in [3.63, 3.8) is 0 Å². The maximum atomic E-state index is 12.3. The third-order valence-electron chi connectivity index (χ3n) is 10.00. The number of hydrogen-bond acceptors (Lipinski definition) is 8. The van der Waals surface area contributed by atoms with Crippen molar-refractivity contribution in [3.8, 4) is 0 Å². The van der Waals surface area contributed by atoms with Gasteiger partial charge >= 0.3 is 0 Å². The number of hydrogen-bond donors (Lipinski definition) is 6. The fraction of sp³-hybridized carbons (Fsp3) is 0.643. The highest BCUT2D eigenvalue weighted by molar-refractivity contribution is 5.56. The van der Waals surface area contributed by atoms with Crippen molar-refractivity contribution in [3.05, 3.63) is 59.1 Å². The van der Waals surface area contributed by atoms with Crippen LogP contribution in [0.25, 0.3) is 0 Å². The second kappa shape index (κ2) is 7.34. The second-order valence-corrected chi connectivity index (χ2v) is 11.6. The molecule has 8 bridgehead atoms. The van der Waals surface area contributed by atoms with Gasteiger partial charge in [0.05, 0.1) is 23.0 Å². The lowest BCUT2D eigenvalue weighted by atomic mass is 9.42. The van der Waals surface area contributed by atoms with Crippen molar-refractivity contribution >= 4 is 0 Å². The maximum absolute atomic E-state index is 12.3. The van der Waals surface area contributed by atoms with Gasteiger partial charge in [0.15, 0.2) is 0 Å². The number of aliphatic hydroxyl groups excluding tert-OH is 4. The Kier molecular flexibility index (Phi) is 5.24. The number of allylic oxidation sites excluding steroid dienone is 5. The molecule has 2 aliphatic heterocycles. The summed E-state index contributed by atoms with van der Waals surface area (Å²) in [7, 11) is 0. The normalized spacial score (nSPS) is 50.6. The zero-order valence-electron chi connectivity index (χ0n) is 21.7. The van der Waals surface area contributed by atoms with Gasteiger partial charge < -0.3 is 40.1 Å². The van der Waals surface area contributed by atoms with Crippen LogP contribution in [0, 0.1) is 22.7 Å². The fourth-order valence-electron chi connectivity index (χ4n) is 8.50. The van der Waals surface area contributed by atoms with Gasteiger partial charge in [-0.05, 0) is 54.4 Å². The van der Waals surface area contributed by atoms with Crippen molar-refractivity contribution in [1.29, 1.82) is 0 Å². The molecule has 2 unspecified atom stereocenters. The summed E-state index contributed by atoms with van der Waals surface area (Å²) in [5.74, 6) is -6.91. The maximum Gasteiger partial charge on any atom is 0.209 e. The summed E-state index contributed by atoms with van der Waals surface area (Å²) < 4.78 is 12.7. The SMILES string of the molecule is C/C=C/C=C/C(O)C1=C(O)[C@@]2(C)[C@H]3C(C(O)CC/C=C/C)=C(O)[C@@]4(C)[C@@H]1[C@]1(C)O[C@@]4(O)[C@@]3(C)O[C@@]12O. The Balaban J connectivity index is 1.84. The van der Waals surface area contributed by atoms with E-state index in [0.717, 1.165) is 0 Å². The average Bonchev–Trinajstić information content (AvgIpc) is 3.12. The summed E-state index contributed by atoms with van der Waals surface area (Å²) in [6.45, 7) is 10.1. The molecule has 5 aliphatic rings. The van der Waals surface area contributed by atoms with Crippen LogP contribution < -0.4 is 0 Å². The van der Waals surface area contributed by atoms with E-state index in [0.29, 0.717) is 6.42 Å². The number of rotatable bonds is 7. The molecular weight excluding hydrogens is 464 g/mol. The predicted molar refractivity (Wildman–Crippen MR) is 131 cm³/mol. The first-order valence-corrected chi connectivity index (χ1v) is 12.7. The molecule has 1 saturated carbocycles. The first-order valence-electron chi connectivity index (χ1n) is 12.7. The highest BCUT2D eigenvalue weighted by atomic mass is 16.8. The quantitative estimate of drug-likeness (QED) is 0.231. The van der Waals surface area contributed by atoms with Crippen molar-refractivity contribution in [1.82, 2.24) is 0 Å². The highest BCUT2D eigenvalue weighted by Gasteiger charge is 2.97. The molecule has 198 valence electrons. The van der Waals surface area contributed by atoms with E-state index in [-0.39, 0.29) is 29.1 Å². The van der Waals surface area contributed by atoms with E-state index in [4.69, 9.17) is 9.47 Å². The van der Waals surface area contributed by atoms with Gasteiger partial charge in [0.25, 0.3) is 0 Å². The predicted octanol–water partition coefficient (Wildman–Crippen LogP) is 3.06. The molecule has 6 N–H and O–H groups in total. The molecule has 0 spiro atoms. The van der Waals surface area contributed by atoms with Crippen LogP contribution in [0.1, 0.15) is 54.4 Å². The van der Waals surface area contributed by atoms with E-state index < -0.39 is 57.7 Å². The summed E-state index contributed by atoms with van der Waals surface area (Å²) in [5.41, 5.74) is -6.20. The Morgan fingerprint density at radius 1 is 0.806 bits per heavy atom. The molecule has 10 atom stereocenters. The molecule has 3 aliphatic carbocycles. The first-order chi connectivity index (χ1) is 16.7. The van der Waals surface area contributed by atoms with Crippen LogP contribution in [0.3, 0.4) is 0 Å². The van der Waals surface area contributed by atoms with Gasteiger partial charge in [-0.25, -0.2) is 0 Å². The minimum Gasteiger partial charge on any atom is -0.511 e. The molecule has 8 heteroatoms. The molecule has 5 rings (SSSR count). The molecule has 36 heavy (non-hydrogen) atoms. The van der Waals surface area contributed by atoms with Gasteiger partial charge in [0, 0.05) is 23.0 Å². The van der Waals surface area contributed by atoms with Crippen LogP contribution in [0.15, 0.2) is 59.1 Å². The molecule has 0 aromatic rings.